The van der Waals surface area contributed by atoms with Crippen molar-refractivity contribution in [3.63, 3.8) is 0 Å². The number of allylic oxidation sites excluding steroid dienone is 1. The molecule has 0 saturated heterocycles. The molecule has 1 heteroatoms. The molecule has 0 atom stereocenters. The van der Waals surface area contributed by atoms with Crippen LogP contribution in [0.15, 0.2) is 24.3 Å². The van der Waals surface area contributed by atoms with Gasteiger partial charge in [0.1, 0.15) is 0 Å². The summed E-state index contributed by atoms with van der Waals surface area (Å²) < 4.78 is 0. The van der Waals surface area contributed by atoms with Gasteiger partial charge in [0, 0.05) is 5.69 Å². The molecule has 0 amide bonds. The molecule has 0 spiro atoms. The predicted molar refractivity (Wildman–Crippen MR) is 61.6 cm³/mol. The number of hydrogen-bond donors (Lipinski definition) is 1. The fourth-order valence-electron chi connectivity index (χ4n) is 1.02. The quantitative estimate of drug-likeness (QED) is 0.651. The molecule has 1 aromatic rings. The van der Waals surface area contributed by atoms with Crippen LogP contribution >= 0.6 is 0 Å². The molecule has 0 aliphatic rings. The van der Waals surface area contributed by atoms with Crippen molar-refractivity contribution in [1.82, 2.24) is 0 Å². The van der Waals surface area contributed by atoms with Gasteiger partial charge in [-0.2, -0.15) is 0 Å². The summed E-state index contributed by atoms with van der Waals surface area (Å²) in [7, 11) is 0. The lowest BCUT2D eigenvalue weighted by Gasteiger charge is -2.00. The fraction of sp³-hybridized carbons (Fsp3) is 0.333. The Kier molecular flexibility index (Phi) is 5.69. The Bertz CT molecular complexity index is 274. The molecule has 0 unspecified atom stereocenters. The van der Waals surface area contributed by atoms with Gasteiger partial charge in [-0.1, -0.05) is 37.6 Å². The molecule has 2 N–H and O–H groups in total. The standard InChI is InChI=1S/C10H13N.C2H6/c1-3-4-9-7-8(2)5-6-10(9)11;1-2/h3-7H,11H2,1-2H3;1-2H3/b4-3-;. The van der Waals surface area contributed by atoms with Gasteiger partial charge in [0.25, 0.3) is 0 Å². The van der Waals surface area contributed by atoms with E-state index in [1.807, 2.05) is 45.1 Å². The lowest BCUT2D eigenvalue weighted by Crippen LogP contribution is -1.88. The van der Waals surface area contributed by atoms with Gasteiger partial charge >= 0.3 is 0 Å². The van der Waals surface area contributed by atoms with E-state index in [1.54, 1.807) is 0 Å². The first kappa shape index (κ1) is 11.8. The molecule has 0 radical (unpaired) electrons. The van der Waals surface area contributed by atoms with E-state index < -0.39 is 0 Å². The first-order valence-corrected chi connectivity index (χ1v) is 4.73. The van der Waals surface area contributed by atoms with E-state index in [2.05, 4.69) is 13.0 Å². The van der Waals surface area contributed by atoms with Crippen LogP contribution in [0.25, 0.3) is 6.08 Å². The third-order valence-corrected chi connectivity index (χ3v) is 1.59. The third-order valence-electron chi connectivity index (χ3n) is 1.59. The number of nitrogen functional groups attached to an aromatic ring is 1. The third kappa shape index (κ3) is 3.79. The van der Waals surface area contributed by atoms with E-state index in [0.29, 0.717) is 0 Å². The maximum absolute atomic E-state index is 5.72. The molecule has 0 aliphatic carbocycles. The fourth-order valence-corrected chi connectivity index (χ4v) is 1.02. The van der Waals surface area contributed by atoms with Crippen molar-refractivity contribution in [2.45, 2.75) is 27.7 Å². The summed E-state index contributed by atoms with van der Waals surface area (Å²) in [6, 6.07) is 6.03. The van der Waals surface area contributed by atoms with Crippen molar-refractivity contribution in [3.8, 4) is 0 Å². The topological polar surface area (TPSA) is 26.0 Å². The first-order valence-electron chi connectivity index (χ1n) is 4.73. The Labute approximate surface area is 81.3 Å². The largest absolute Gasteiger partial charge is 0.398 e. The molecule has 1 nitrogen and oxygen atoms in total. The van der Waals surface area contributed by atoms with Gasteiger partial charge in [-0.05, 0) is 31.5 Å². The highest BCUT2D eigenvalue weighted by Crippen LogP contribution is 2.14. The van der Waals surface area contributed by atoms with E-state index in [4.69, 9.17) is 5.73 Å². The van der Waals surface area contributed by atoms with Crippen LogP contribution in [0.2, 0.25) is 0 Å². The maximum atomic E-state index is 5.72. The monoisotopic (exact) mass is 177 g/mol. The van der Waals surface area contributed by atoms with E-state index in [9.17, 15) is 0 Å². The van der Waals surface area contributed by atoms with Crippen LogP contribution in [-0.2, 0) is 0 Å². The van der Waals surface area contributed by atoms with Crippen molar-refractivity contribution >= 4 is 11.8 Å². The van der Waals surface area contributed by atoms with Gasteiger partial charge in [0.2, 0.25) is 0 Å². The van der Waals surface area contributed by atoms with Crippen LogP contribution < -0.4 is 5.73 Å². The Morgan fingerprint density at radius 2 is 1.85 bits per heavy atom. The Balaban J connectivity index is 0.000000671. The summed E-state index contributed by atoms with van der Waals surface area (Å²) in [5.41, 5.74) is 8.91. The van der Waals surface area contributed by atoms with E-state index in [1.165, 1.54) is 5.56 Å². The molecule has 0 heterocycles. The van der Waals surface area contributed by atoms with Crippen LogP contribution in [0, 0.1) is 6.92 Å². The summed E-state index contributed by atoms with van der Waals surface area (Å²) >= 11 is 0. The average molecular weight is 177 g/mol. The number of hydrogen-bond acceptors (Lipinski definition) is 1. The minimum Gasteiger partial charge on any atom is -0.398 e. The van der Waals surface area contributed by atoms with E-state index >= 15 is 0 Å². The molecular formula is C12H19N. The molecule has 1 aromatic carbocycles. The number of rotatable bonds is 1. The summed E-state index contributed by atoms with van der Waals surface area (Å²) in [6.45, 7) is 8.05. The van der Waals surface area contributed by atoms with Crippen LogP contribution in [-0.4, -0.2) is 0 Å². The van der Waals surface area contributed by atoms with Crippen molar-refractivity contribution in [2.24, 2.45) is 0 Å². The highest BCUT2D eigenvalue weighted by Gasteiger charge is 1.92. The van der Waals surface area contributed by atoms with Crippen molar-refractivity contribution < 1.29 is 0 Å². The maximum Gasteiger partial charge on any atom is 0.0387 e. The number of benzene rings is 1. The highest BCUT2D eigenvalue weighted by atomic mass is 14.5. The predicted octanol–water partition coefficient (Wildman–Crippen LogP) is 3.64. The molecule has 72 valence electrons. The van der Waals surface area contributed by atoms with Crippen LogP contribution in [0.5, 0.6) is 0 Å². The second-order valence-corrected chi connectivity index (χ2v) is 2.63. The second kappa shape index (κ2) is 6.30. The van der Waals surface area contributed by atoms with Gasteiger partial charge in [-0.25, -0.2) is 0 Å². The number of aryl methyl sites for hydroxylation is 1. The zero-order valence-electron chi connectivity index (χ0n) is 8.96. The summed E-state index contributed by atoms with van der Waals surface area (Å²) in [4.78, 5) is 0. The first-order chi connectivity index (χ1) is 6.24. The normalized spacial score (nSPS) is 9.54. The van der Waals surface area contributed by atoms with Crippen molar-refractivity contribution in [3.05, 3.63) is 35.4 Å². The van der Waals surface area contributed by atoms with Crippen LogP contribution in [0.3, 0.4) is 0 Å². The lowest BCUT2D eigenvalue weighted by atomic mass is 10.1. The molecule has 0 saturated carbocycles. The zero-order valence-corrected chi connectivity index (χ0v) is 8.96. The molecule has 0 bridgehead atoms. The number of nitrogens with two attached hydrogens (primary N) is 1. The average Bonchev–Trinajstić information content (AvgIpc) is 2.15. The van der Waals surface area contributed by atoms with Gasteiger partial charge < -0.3 is 5.73 Å². The smallest absolute Gasteiger partial charge is 0.0387 e. The second-order valence-electron chi connectivity index (χ2n) is 2.63. The van der Waals surface area contributed by atoms with Crippen LogP contribution in [0.4, 0.5) is 5.69 Å². The van der Waals surface area contributed by atoms with E-state index in [0.717, 1.165) is 11.3 Å². The minimum absolute atomic E-state index is 0.841. The summed E-state index contributed by atoms with van der Waals surface area (Å²) in [6.07, 6.45) is 4.01. The summed E-state index contributed by atoms with van der Waals surface area (Å²) in [5, 5.41) is 0. The Morgan fingerprint density at radius 1 is 1.23 bits per heavy atom. The van der Waals surface area contributed by atoms with Gasteiger partial charge in [0.05, 0.1) is 0 Å². The van der Waals surface area contributed by atoms with Crippen molar-refractivity contribution in [2.75, 3.05) is 5.73 Å². The highest BCUT2D eigenvalue weighted by molar-refractivity contribution is 5.64. The molecule has 0 aromatic heterocycles. The molecule has 13 heavy (non-hydrogen) atoms. The molecule has 0 fully saturated rings. The number of anilines is 1. The molecule has 0 aliphatic heterocycles. The Morgan fingerprint density at radius 3 is 2.38 bits per heavy atom. The Hall–Kier alpha value is -1.24. The lowest BCUT2D eigenvalue weighted by molar-refractivity contribution is 1.46. The van der Waals surface area contributed by atoms with Crippen molar-refractivity contribution in [1.29, 1.82) is 0 Å². The molecular weight excluding hydrogens is 158 g/mol. The SMILES string of the molecule is C/C=C\c1cc(C)ccc1N.CC. The van der Waals surface area contributed by atoms with Gasteiger partial charge in [0.15, 0.2) is 0 Å². The van der Waals surface area contributed by atoms with E-state index in [-0.39, 0.29) is 0 Å². The van der Waals surface area contributed by atoms with Crippen LogP contribution in [0.1, 0.15) is 31.9 Å². The van der Waals surface area contributed by atoms with Gasteiger partial charge in [-0.3, -0.25) is 0 Å². The van der Waals surface area contributed by atoms with Gasteiger partial charge in [-0.15, -0.1) is 0 Å². The zero-order chi connectivity index (χ0) is 10.3. The molecule has 1 rings (SSSR count). The summed E-state index contributed by atoms with van der Waals surface area (Å²) in [5.74, 6) is 0. The minimum atomic E-state index is 0.841.